The first kappa shape index (κ1) is 17.8. The lowest BCUT2D eigenvalue weighted by Crippen LogP contribution is -2.60. The fourth-order valence-electron chi connectivity index (χ4n) is 6.31. The van der Waals surface area contributed by atoms with Gasteiger partial charge in [-0.2, -0.15) is 0 Å². The molecule has 5 heteroatoms. The van der Waals surface area contributed by atoms with Crippen molar-refractivity contribution in [2.75, 3.05) is 5.32 Å². The standard InChI is InChI=1S/C30H17BN2O2/c1-2-8-17(9-3-1)33-20-12-5-4-10-18(20)26-21(33)16-25-29-30(26)32-19-11-6-13-22-27(19)31(29)28-23(34-22)14-7-15-24(28)35-25/h1-16,32H. The number of hydrogen-bond donors (Lipinski definition) is 1. The van der Waals surface area contributed by atoms with Gasteiger partial charge in [0.25, 0.3) is 6.71 Å². The molecule has 0 unspecified atom stereocenters. The van der Waals surface area contributed by atoms with Gasteiger partial charge in [0.15, 0.2) is 0 Å². The fraction of sp³-hybridized carbons (Fsp3) is 0. The number of benzene rings is 5. The third-order valence-electron chi connectivity index (χ3n) is 7.64. The van der Waals surface area contributed by atoms with Gasteiger partial charge in [-0.05, 0) is 53.4 Å². The quantitative estimate of drug-likeness (QED) is 0.334. The lowest BCUT2D eigenvalue weighted by Gasteiger charge is -2.38. The Bertz CT molecular complexity index is 1870. The molecule has 0 bridgehead atoms. The van der Waals surface area contributed by atoms with Crippen LogP contribution in [-0.4, -0.2) is 11.3 Å². The number of para-hydroxylation sites is 2. The van der Waals surface area contributed by atoms with Crippen LogP contribution < -0.4 is 31.2 Å². The Labute approximate surface area is 201 Å². The van der Waals surface area contributed by atoms with Crippen molar-refractivity contribution in [1.29, 1.82) is 0 Å². The first-order valence-corrected chi connectivity index (χ1v) is 11.9. The molecule has 0 radical (unpaired) electrons. The highest BCUT2D eigenvalue weighted by Crippen LogP contribution is 2.45. The van der Waals surface area contributed by atoms with E-state index in [1.807, 2.05) is 12.1 Å². The Kier molecular flexibility index (Phi) is 3.09. The molecule has 162 valence electrons. The minimum atomic E-state index is 0.0735. The predicted octanol–water partition coefficient (Wildman–Crippen LogP) is 5.57. The average molecular weight is 448 g/mol. The van der Waals surface area contributed by atoms with Crippen LogP contribution in [0.2, 0.25) is 0 Å². The van der Waals surface area contributed by atoms with E-state index >= 15 is 0 Å². The van der Waals surface area contributed by atoms with Gasteiger partial charge in [0.2, 0.25) is 0 Å². The number of ether oxygens (including phenoxy) is 2. The van der Waals surface area contributed by atoms with E-state index in [2.05, 4.69) is 94.8 Å². The SMILES string of the molecule is c1ccc(-n2c3ccccc3c3c4c5c(cc32)Oc2cccc3c2B5c2c(cccc2O3)N4)cc1. The summed E-state index contributed by atoms with van der Waals surface area (Å²) >= 11 is 0. The number of hydrogen-bond acceptors (Lipinski definition) is 3. The Morgan fingerprint density at radius 2 is 1.31 bits per heavy atom. The maximum atomic E-state index is 6.61. The van der Waals surface area contributed by atoms with E-state index in [4.69, 9.17) is 9.47 Å². The largest absolute Gasteiger partial charge is 0.458 e. The third kappa shape index (κ3) is 2.10. The zero-order valence-electron chi connectivity index (χ0n) is 18.6. The van der Waals surface area contributed by atoms with Gasteiger partial charge in [-0.1, -0.05) is 48.5 Å². The minimum Gasteiger partial charge on any atom is -0.458 e. The van der Waals surface area contributed by atoms with Crippen molar-refractivity contribution in [1.82, 2.24) is 4.57 Å². The molecule has 0 aliphatic carbocycles. The van der Waals surface area contributed by atoms with E-state index in [0.29, 0.717) is 0 Å². The molecule has 35 heavy (non-hydrogen) atoms. The molecule has 0 saturated heterocycles. The van der Waals surface area contributed by atoms with Crippen LogP contribution in [0.5, 0.6) is 23.0 Å². The summed E-state index contributed by atoms with van der Waals surface area (Å²) < 4.78 is 15.3. The molecule has 3 aliphatic heterocycles. The van der Waals surface area contributed by atoms with Gasteiger partial charge >= 0.3 is 0 Å². The predicted molar refractivity (Wildman–Crippen MR) is 142 cm³/mol. The van der Waals surface area contributed by atoms with Crippen LogP contribution >= 0.6 is 0 Å². The molecular weight excluding hydrogens is 431 g/mol. The third-order valence-corrected chi connectivity index (χ3v) is 7.64. The smallest absolute Gasteiger partial charge is 0.266 e. The van der Waals surface area contributed by atoms with Crippen molar-refractivity contribution in [3.63, 3.8) is 0 Å². The van der Waals surface area contributed by atoms with Crippen LogP contribution in [-0.2, 0) is 0 Å². The molecule has 5 aromatic carbocycles. The van der Waals surface area contributed by atoms with E-state index < -0.39 is 0 Å². The second-order valence-electron chi connectivity index (χ2n) is 9.39. The van der Waals surface area contributed by atoms with Gasteiger partial charge in [-0.15, -0.1) is 0 Å². The van der Waals surface area contributed by atoms with Gasteiger partial charge in [0.05, 0.1) is 11.0 Å². The summed E-state index contributed by atoms with van der Waals surface area (Å²) in [5.41, 5.74) is 9.16. The van der Waals surface area contributed by atoms with Gasteiger partial charge in [0, 0.05) is 39.4 Å². The average Bonchev–Trinajstić information content (AvgIpc) is 3.23. The summed E-state index contributed by atoms with van der Waals surface area (Å²) in [4.78, 5) is 0. The molecule has 0 spiro atoms. The summed E-state index contributed by atoms with van der Waals surface area (Å²) in [6, 6.07) is 33.8. The summed E-state index contributed by atoms with van der Waals surface area (Å²) in [6.07, 6.45) is 0. The van der Waals surface area contributed by atoms with E-state index in [-0.39, 0.29) is 6.71 Å². The van der Waals surface area contributed by atoms with E-state index in [1.165, 1.54) is 27.2 Å². The van der Waals surface area contributed by atoms with Gasteiger partial charge in [-0.3, -0.25) is 0 Å². The van der Waals surface area contributed by atoms with Crippen molar-refractivity contribution in [2.24, 2.45) is 0 Å². The highest BCUT2D eigenvalue weighted by atomic mass is 16.5. The van der Waals surface area contributed by atoms with Crippen LogP contribution in [0.1, 0.15) is 0 Å². The Hall–Kier alpha value is -4.64. The first-order chi connectivity index (χ1) is 17.4. The summed E-state index contributed by atoms with van der Waals surface area (Å²) in [5.74, 6) is 3.56. The topological polar surface area (TPSA) is 35.4 Å². The van der Waals surface area contributed by atoms with E-state index in [1.54, 1.807) is 0 Å². The van der Waals surface area contributed by atoms with Crippen LogP contribution in [0.3, 0.4) is 0 Å². The fourth-order valence-corrected chi connectivity index (χ4v) is 6.31. The molecule has 1 N–H and O–H groups in total. The van der Waals surface area contributed by atoms with Crippen molar-refractivity contribution in [3.8, 4) is 28.7 Å². The highest BCUT2D eigenvalue weighted by molar-refractivity contribution is 7.00. The molecule has 1 aromatic heterocycles. The van der Waals surface area contributed by atoms with Crippen LogP contribution in [0.25, 0.3) is 27.5 Å². The number of rotatable bonds is 1. The maximum Gasteiger partial charge on any atom is 0.266 e. The first-order valence-electron chi connectivity index (χ1n) is 11.9. The molecule has 0 atom stereocenters. The normalized spacial score (nSPS) is 13.8. The summed E-state index contributed by atoms with van der Waals surface area (Å²) in [5, 5.41) is 6.25. The minimum absolute atomic E-state index is 0.0735. The second-order valence-corrected chi connectivity index (χ2v) is 9.39. The lowest BCUT2D eigenvalue weighted by atomic mass is 9.33. The van der Waals surface area contributed by atoms with Crippen molar-refractivity contribution >= 4 is 56.3 Å². The van der Waals surface area contributed by atoms with Gasteiger partial charge in [-0.25, -0.2) is 0 Å². The lowest BCUT2D eigenvalue weighted by molar-refractivity contribution is 0.465. The molecule has 4 heterocycles. The zero-order valence-corrected chi connectivity index (χ0v) is 18.6. The molecule has 6 aromatic rings. The Morgan fingerprint density at radius 1 is 0.600 bits per heavy atom. The van der Waals surface area contributed by atoms with Crippen LogP contribution in [0.4, 0.5) is 11.4 Å². The Balaban J connectivity index is 1.48. The maximum absolute atomic E-state index is 6.61. The van der Waals surface area contributed by atoms with E-state index in [0.717, 1.165) is 51.0 Å². The highest BCUT2D eigenvalue weighted by Gasteiger charge is 2.46. The van der Waals surface area contributed by atoms with Crippen molar-refractivity contribution < 1.29 is 9.47 Å². The number of fused-ring (bicyclic) bond motifs is 4. The molecular formula is C30H17BN2O2. The number of anilines is 2. The molecule has 0 amide bonds. The number of nitrogens with zero attached hydrogens (tertiary/aromatic N) is 1. The van der Waals surface area contributed by atoms with Crippen molar-refractivity contribution in [3.05, 3.63) is 97.1 Å². The van der Waals surface area contributed by atoms with Gasteiger partial charge < -0.3 is 19.4 Å². The molecule has 0 fully saturated rings. The zero-order chi connectivity index (χ0) is 22.7. The Morgan fingerprint density at radius 3 is 2.17 bits per heavy atom. The summed E-state index contributed by atoms with van der Waals surface area (Å²) in [7, 11) is 0. The van der Waals surface area contributed by atoms with Crippen LogP contribution in [0, 0.1) is 0 Å². The monoisotopic (exact) mass is 448 g/mol. The summed E-state index contributed by atoms with van der Waals surface area (Å²) in [6.45, 7) is 0.0735. The van der Waals surface area contributed by atoms with E-state index in [9.17, 15) is 0 Å². The molecule has 4 nitrogen and oxygen atoms in total. The molecule has 0 saturated carbocycles. The molecule has 9 rings (SSSR count). The molecule has 3 aliphatic rings. The van der Waals surface area contributed by atoms with Crippen LogP contribution in [0.15, 0.2) is 97.1 Å². The second kappa shape index (κ2) is 6.07. The number of nitrogens with one attached hydrogen (secondary N) is 1. The number of aromatic nitrogens is 1. The van der Waals surface area contributed by atoms with Crippen molar-refractivity contribution in [2.45, 2.75) is 0 Å². The van der Waals surface area contributed by atoms with Gasteiger partial charge in [0.1, 0.15) is 23.0 Å².